The predicted molar refractivity (Wildman–Crippen MR) is 64.1 cm³/mol. The monoisotopic (exact) mass is 240 g/mol. The minimum atomic E-state index is -3.20. The zero-order valence-corrected chi connectivity index (χ0v) is 10.3. The molecule has 0 bridgehead atoms. The minimum absolute atomic E-state index is 0.112. The molecule has 0 amide bonds. The van der Waals surface area contributed by atoms with Gasteiger partial charge in [0.15, 0.2) is 9.84 Å². The van der Waals surface area contributed by atoms with Gasteiger partial charge in [0.25, 0.3) is 0 Å². The quantitative estimate of drug-likeness (QED) is 0.771. The molecule has 1 aromatic carbocycles. The lowest BCUT2D eigenvalue weighted by atomic mass is 10.1. The summed E-state index contributed by atoms with van der Waals surface area (Å²) in [4.78, 5) is 0.370. The van der Waals surface area contributed by atoms with Crippen molar-refractivity contribution in [3.63, 3.8) is 0 Å². The Balaban J connectivity index is 2.69. The lowest BCUT2D eigenvalue weighted by molar-refractivity contribution is 0.555. The van der Waals surface area contributed by atoms with Crippen LogP contribution in [0.2, 0.25) is 0 Å². The summed E-state index contributed by atoms with van der Waals surface area (Å²) in [6.45, 7) is 4.09. The maximum Gasteiger partial charge on any atom is 0.182 e. The maximum atomic E-state index is 12.1. The molecule has 3 N–H and O–H groups in total. The lowest BCUT2D eigenvalue weighted by Crippen LogP contribution is -2.43. The third kappa shape index (κ3) is 1.81. The normalized spacial score (nSPS) is 20.9. The van der Waals surface area contributed by atoms with E-state index in [1.54, 1.807) is 12.1 Å². The standard InChI is InChI=1S/C11H16N2O2S/c1-11(2)7-16(14,15)9-5-3-4-8(6-12)10(9)13-11/h3-5,13H,6-7,12H2,1-2H3. The molecular weight excluding hydrogens is 224 g/mol. The first-order chi connectivity index (χ1) is 7.36. The number of nitrogens with one attached hydrogen (secondary N) is 1. The van der Waals surface area contributed by atoms with E-state index in [1.165, 1.54) is 0 Å². The second-order valence-electron chi connectivity index (χ2n) is 4.76. The Morgan fingerprint density at radius 1 is 1.44 bits per heavy atom. The van der Waals surface area contributed by atoms with Crippen LogP contribution in [0.1, 0.15) is 19.4 Å². The molecule has 16 heavy (non-hydrogen) atoms. The van der Waals surface area contributed by atoms with Gasteiger partial charge in [0, 0.05) is 12.1 Å². The largest absolute Gasteiger partial charge is 0.378 e. The zero-order chi connectivity index (χ0) is 12.0. The van der Waals surface area contributed by atoms with Crippen molar-refractivity contribution in [2.45, 2.75) is 30.8 Å². The molecule has 0 saturated carbocycles. The third-order valence-corrected chi connectivity index (χ3v) is 4.79. The molecule has 5 heteroatoms. The van der Waals surface area contributed by atoms with Gasteiger partial charge in [0.05, 0.1) is 16.3 Å². The van der Waals surface area contributed by atoms with Gasteiger partial charge >= 0.3 is 0 Å². The highest BCUT2D eigenvalue weighted by Gasteiger charge is 2.35. The average molecular weight is 240 g/mol. The Morgan fingerprint density at radius 2 is 2.12 bits per heavy atom. The number of anilines is 1. The number of para-hydroxylation sites is 1. The van der Waals surface area contributed by atoms with Gasteiger partial charge in [0.1, 0.15) is 0 Å². The molecule has 1 aliphatic rings. The first kappa shape index (κ1) is 11.4. The molecule has 0 radical (unpaired) electrons. The first-order valence-corrected chi connectivity index (χ1v) is 6.84. The highest BCUT2D eigenvalue weighted by atomic mass is 32.2. The van der Waals surface area contributed by atoms with Crippen LogP contribution in [0.4, 0.5) is 5.69 Å². The molecule has 1 aliphatic heterocycles. The fraction of sp³-hybridized carbons (Fsp3) is 0.455. The summed E-state index contributed by atoms with van der Waals surface area (Å²) in [5.74, 6) is 0.112. The van der Waals surface area contributed by atoms with Crippen LogP contribution in [0.15, 0.2) is 23.1 Å². The Kier molecular flexibility index (Phi) is 2.47. The molecule has 0 saturated heterocycles. The van der Waals surface area contributed by atoms with E-state index in [2.05, 4.69) is 5.32 Å². The van der Waals surface area contributed by atoms with E-state index in [-0.39, 0.29) is 5.75 Å². The van der Waals surface area contributed by atoms with E-state index in [4.69, 9.17) is 5.73 Å². The second-order valence-corrected chi connectivity index (χ2v) is 6.72. The summed E-state index contributed by atoms with van der Waals surface area (Å²) < 4.78 is 24.2. The Hall–Kier alpha value is -1.07. The number of hydrogen-bond acceptors (Lipinski definition) is 4. The first-order valence-electron chi connectivity index (χ1n) is 5.19. The zero-order valence-electron chi connectivity index (χ0n) is 9.45. The van der Waals surface area contributed by atoms with Gasteiger partial charge in [-0.1, -0.05) is 12.1 Å². The van der Waals surface area contributed by atoms with Gasteiger partial charge in [-0.05, 0) is 25.5 Å². The molecule has 0 unspecified atom stereocenters. The van der Waals surface area contributed by atoms with Crippen molar-refractivity contribution in [3.8, 4) is 0 Å². The number of sulfone groups is 1. The van der Waals surface area contributed by atoms with Gasteiger partial charge in [-0.3, -0.25) is 0 Å². The smallest absolute Gasteiger partial charge is 0.182 e. The van der Waals surface area contributed by atoms with E-state index in [9.17, 15) is 8.42 Å². The Morgan fingerprint density at radius 3 is 2.75 bits per heavy atom. The van der Waals surface area contributed by atoms with Crippen LogP contribution in [-0.4, -0.2) is 19.7 Å². The van der Waals surface area contributed by atoms with Crippen LogP contribution in [0.3, 0.4) is 0 Å². The van der Waals surface area contributed by atoms with E-state index in [1.807, 2.05) is 19.9 Å². The van der Waals surface area contributed by atoms with Crippen molar-refractivity contribution in [2.75, 3.05) is 11.1 Å². The number of benzene rings is 1. The number of hydrogen-bond donors (Lipinski definition) is 2. The van der Waals surface area contributed by atoms with Crippen LogP contribution in [-0.2, 0) is 16.4 Å². The molecule has 88 valence electrons. The molecule has 0 aromatic heterocycles. The summed E-state index contributed by atoms with van der Waals surface area (Å²) in [6, 6.07) is 5.22. The molecular formula is C11H16N2O2S. The Bertz CT molecular complexity index is 521. The van der Waals surface area contributed by atoms with Gasteiger partial charge in [-0.15, -0.1) is 0 Å². The van der Waals surface area contributed by atoms with Crippen molar-refractivity contribution in [2.24, 2.45) is 5.73 Å². The molecule has 4 nitrogen and oxygen atoms in total. The number of fused-ring (bicyclic) bond motifs is 1. The summed E-state index contributed by atoms with van der Waals surface area (Å²) in [7, 11) is -3.20. The summed E-state index contributed by atoms with van der Waals surface area (Å²) in [5.41, 5.74) is 6.68. The molecule has 0 spiro atoms. The average Bonchev–Trinajstić information content (AvgIpc) is 2.14. The highest BCUT2D eigenvalue weighted by molar-refractivity contribution is 7.91. The van der Waals surface area contributed by atoms with Crippen molar-refractivity contribution in [3.05, 3.63) is 23.8 Å². The minimum Gasteiger partial charge on any atom is -0.378 e. The number of rotatable bonds is 1. The highest BCUT2D eigenvalue weighted by Crippen LogP contribution is 2.35. The summed E-state index contributed by atoms with van der Waals surface area (Å²) in [5, 5.41) is 3.25. The van der Waals surface area contributed by atoms with E-state index in [0.29, 0.717) is 17.1 Å². The summed E-state index contributed by atoms with van der Waals surface area (Å²) >= 11 is 0. The van der Waals surface area contributed by atoms with Gasteiger partial charge < -0.3 is 11.1 Å². The fourth-order valence-electron chi connectivity index (χ4n) is 2.07. The van der Waals surface area contributed by atoms with Crippen LogP contribution in [0, 0.1) is 0 Å². The van der Waals surface area contributed by atoms with Crippen LogP contribution >= 0.6 is 0 Å². The maximum absolute atomic E-state index is 12.1. The van der Waals surface area contributed by atoms with Gasteiger partial charge in [-0.2, -0.15) is 0 Å². The van der Waals surface area contributed by atoms with Crippen molar-refractivity contribution in [1.29, 1.82) is 0 Å². The second kappa shape index (κ2) is 3.46. The molecule has 1 heterocycles. The van der Waals surface area contributed by atoms with Crippen molar-refractivity contribution < 1.29 is 8.42 Å². The van der Waals surface area contributed by atoms with Crippen molar-refractivity contribution >= 4 is 15.5 Å². The number of nitrogens with two attached hydrogens (primary N) is 1. The van der Waals surface area contributed by atoms with Gasteiger partial charge in [0.2, 0.25) is 0 Å². The molecule has 0 fully saturated rings. The van der Waals surface area contributed by atoms with Gasteiger partial charge in [-0.25, -0.2) is 8.42 Å². The topological polar surface area (TPSA) is 72.2 Å². The fourth-order valence-corrected chi connectivity index (χ4v) is 4.03. The molecule has 0 aliphatic carbocycles. The predicted octanol–water partition coefficient (Wildman–Crippen LogP) is 1.12. The molecule has 0 atom stereocenters. The molecule has 2 rings (SSSR count). The van der Waals surface area contributed by atoms with E-state index in [0.717, 1.165) is 5.56 Å². The Labute approximate surface area is 95.8 Å². The lowest BCUT2D eigenvalue weighted by Gasteiger charge is -2.34. The molecule has 1 aromatic rings. The van der Waals surface area contributed by atoms with Crippen LogP contribution in [0.25, 0.3) is 0 Å². The van der Waals surface area contributed by atoms with E-state index < -0.39 is 15.4 Å². The van der Waals surface area contributed by atoms with Crippen molar-refractivity contribution in [1.82, 2.24) is 0 Å². The van der Waals surface area contributed by atoms with Crippen LogP contribution in [0.5, 0.6) is 0 Å². The van der Waals surface area contributed by atoms with E-state index >= 15 is 0 Å². The van der Waals surface area contributed by atoms with Crippen LogP contribution < -0.4 is 11.1 Å². The SMILES string of the molecule is CC1(C)CS(=O)(=O)c2cccc(CN)c2N1. The third-order valence-electron chi connectivity index (χ3n) is 2.68. The summed E-state index contributed by atoms with van der Waals surface area (Å²) in [6.07, 6.45) is 0.